The number of nitrogens with one attached hydrogen (secondary N) is 1. The van der Waals surface area contributed by atoms with Crippen molar-refractivity contribution in [3.05, 3.63) is 83.6 Å². The Morgan fingerprint density at radius 1 is 0.931 bits per heavy atom. The summed E-state index contributed by atoms with van der Waals surface area (Å²) < 4.78 is 5.16. The van der Waals surface area contributed by atoms with Crippen LogP contribution in [0.1, 0.15) is 16.9 Å². The van der Waals surface area contributed by atoms with Gasteiger partial charge < -0.3 is 14.7 Å². The van der Waals surface area contributed by atoms with Crippen molar-refractivity contribution in [1.82, 2.24) is 15.1 Å². The number of rotatable bonds is 4. The Kier molecular flexibility index (Phi) is 4.44. The van der Waals surface area contributed by atoms with Crippen LogP contribution in [0.25, 0.3) is 11.3 Å². The number of anilines is 3. The van der Waals surface area contributed by atoms with Crippen LogP contribution in [0.2, 0.25) is 0 Å². The lowest BCUT2D eigenvalue weighted by Crippen LogP contribution is -2.31. The van der Waals surface area contributed by atoms with Crippen LogP contribution in [0.3, 0.4) is 0 Å². The summed E-state index contributed by atoms with van der Waals surface area (Å²) in [6.45, 7) is 3.62. The molecule has 0 atom stereocenters. The summed E-state index contributed by atoms with van der Waals surface area (Å²) in [6.07, 6.45) is 1.01. The minimum atomic E-state index is 0.508. The highest BCUT2D eigenvalue weighted by atomic mass is 16.5. The summed E-state index contributed by atoms with van der Waals surface area (Å²) in [4.78, 5) is 11.8. The zero-order chi connectivity index (χ0) is 19.6. The molecule has 6 heteroatoms. The van der Waals surface area contributed by atoms with Gasteiger partial charge in [-0.05, 0) is 24.5 Å². The number of fused-ring (bicyclic) bond motifs is 1. The largest absolute Gasteiger partial charge is 0.360 e. The molecule has 0 amide bonds. The van der Waals surface area contributed by atoms with Crippen molar-refractivity contribution in [2.75, 3.05) is 16.8 Å². The Balaban J connectivity index is 1.53. The van der Waals surface area contributed by atoms with Crippen LogP contribution in [0.5, 0.6) is 0 Å². The Morgan fingerprint density at radius 3 is 2.52 bits per heavy atom. The van der Waals surface area contributed by atoms with E-state index in [4.69, 9.17) is 14.5 Å². The number of benzene rings is 2. The monoisotopic (exact) mass is 383 g/mol. The lowest BCUT2D eigenvalue weighted by atomic mass is 10.00. The maximum absolute atomic E-state index is 5.16. The van der Waals surface area contributed by atoms with Crippen LogP contribution in [0, 0.1) is 6.92 Å². The molecule has 6 nitrogen and oxygen atoms in total. The van der Waals surface area contributed by atoms with Crippen molar-refractivity contribution < 1.29 is 4.52 Å². The molecule has 29 heavy (non-hydrogen) atoms. The van der Waals surface area contributed by atoms with Crippen LogP contribution < -0.4 is 10.2 Å². The molecule has 0 saturated heterocycles. The molecule has 1 N–H and O–H groups in total. The normalized spacial score (nSPS) is 13.2. The van der Waals surface area contributed by atoms with E-state index in [-0.39, 0.29) is 0 Å². The molecule has 0 bridgehead atoms. The van der Waals surface area contributed by atoms with Gasteiger partial charge in [-0.25, -0.2) is 4.98 Å². The molecule has 0 aliphatic carbocycles. The highest BCUT2D eigenvalue weighted by Crippen LogP contribution is 2.28. The van der Waals surface area contributed by atoms with Gasteiger partial charge in [0.2, 0.25) is 5.95 Å². The van der Waals surface area contributed by atoms with E-state index in [1.165, 1.54) is 11.1 Å². The minimum absolute atomic E-state index is 0.508. The van der Waals surface area contributed by atoms with Crippen LogP contribution in [-0.4, -0.2) is 21.7 Å². The second-order valence-electron chi connectivity index (χ2n) is 7.19. The summed E-state index contributed by atoms with van der Waals surface area (Å²) in [5.41, 5.74) is 4.68. The molecule has 3 heterocycles. The smallest absolute Gasteiger partial charge is 0.231 e. The molecule has 1 aliphatic rings. The third-order valence-electron chi connectivity index (χ3n) is 5.10. The molecule has 1 aliphatic heterocycles. The Bertz CT molecular complexity index is 1140. The fourth-order valence-electron chi connectivity index (χ4n) is 3.64. The van der Waals surface area contributed by atoms with Crippen LogP contribution >= 0.6 is 0 Å². The molecule has 0 saturated carbocycles. The third kappa shape index (κ3) is 3.69. The third-order valence-corrected chi connectivity index (χ3v) is 5.10. The van der Waals surface area contributed by atoms with Crippen molar-refractivity contribution in [2.24, 2.45) is 0 Å². The van der Waals surface area contributed by atoms with E-state index < -0.39 is 0 Å². The van der Waals surface area contributed by atoms with E-state index in [1.807, 2.05) is 31.2 Å². The summed E-state index contributed by atoms with van der Waals surface area (Å²) >= 11 is 0. The van der Waals surface area contributed by atoms with Gasteiger partial charge in [0, 0.05) is 30.8 Å². The van der Waals surface area contributed by atoms with Gasteiger partial charge in [-0.1, -0.05) is 59.8 Å². The first-order valence-electron chi connectivity index (χ1n) is 9.71. The summed E-state index contributed by atoms with van der Waals surface area (Å²) in [6, 6.07) is 22.6. The first-order valence-corrected chi connectivity index (χ1v) is 9.71. The number of aryl methyl sites for hydroxylation is 1. The molecule has 0 radical (unpaired) electrons. The van der Waals surface area contributed by atoms with E-state index >= 15 is 0 Å². The van der Waals surface area contributed by atoms with Gasteiger partial charge in [-0.2, -0.15) is 4.98 Å². The quantitative estimate of drug-likeness (QED) is 0.549. The summed E-state index contributed by atoms with van der Waals surface area (Å²) in [7, 11) is 0. The van der Waals surface area contributed by atoms with Gasteiger partial charge >= 0.3 is 0 Å². The number of hydrogen-bond donors (Lipinski definition) is 1. The number of nitrogens with zero attached hydrogens (tertiary/aromatic N) is 4. The van der Waals surface area contributed by atoms with E-state index in [9.17, 15) is 0 Å². The van der Waals surface area contributed by atoms with E-state index in [1.54, 1.807) is 0 Å². The summed E-state index contributed by atoms with van der Waals surface area (Å²) in [5.74, 6) is 2.74. The van der Waals surface area contributed by atoms with Crippen molar-refractivity contribution >= 4 is 17.6 Å². The molecular formula is C23H21N5O. The van der Waals surface area contributed by atoms with Gasteiger partial charge in [0.15, 0.2) is 5.82 Å². The molecule has 0 spiro atoms. The van der Waals surface area contributed by atoms with Crippen molar-refractivity contribution in [1.29, 1.82) is 0 Å². The highest BCUT2D eigenvalue weighted by molar-refractivity contribution is 5.66. The number of hydrogen-bond acceptors (Lipinski definition) is 6. The van der Waals surface area contributed by atoms with Crippen molar-refractivity contribution in [3.63, 3.8) is 0 Å². The maximum atomic E-state index is 5.16. The molecule has 4 aromatic rings. The first-order chi connectivity index (χ1) is 14.2. The molecule has 5 rings (SSSR count). The van der Waals surface area contributed by atoms with Crippen molar-refractivity contribution in [3.8, 4) is 11.3 Å². The van der Waals surface area contributed by atoms with Gasteiger partial charge in [0.25, 0.3) is 0 Å². The van der Waals surface area contributed by atoms with Crippen molar-refractivity contribution in [2.45, 2.75) is 19.9 Å². The van der Waals surface area contributed by atoms with E-state index in [2.05, 4.69) is 57.8 Å². The Hall–Kier alpha value is -3.67. The van der Waals surface area contributed by atoms with Crippen LogP contribution in [0.4, 0.5) is 17.6 Å². The predicted molar refractivity (Wildman–Crippen MR) is 113 cm³/mol. The van der Waals surface area contributed by atoms with Crippen LogP contribution in [0.15, 0.2) is 71.3 Å². The minimum Gasteiger partial charge on any atom is -0.360 e. The lowest BCUT2D eigenvalue weighted by Gasteiger charge is -2.30. The molecule has 0 fully saturated rings. The second-order valence-corrected chi connectivity index (χ2v) is 7.19. The first kappa shape index (κ1) is 17.4. The van der Waals surface area contributed by atoms with E-state index in [0.717, 1.165) is 42.3 Å². The van der Waals surface area contributed by atoms with Gasteiger partial charge in [-0.3, -0.25) is 0 Å². The van der Waals surface area contributed by atoms with Gasteiger partial charge in [0.05, 0.1) is 5.69 Å². The fraction of sp³-hybridized carbons (Fsp3) is 0.174. The predicted octanol–water partition coefficient (Wildman–Crippen LogP) is 4.75. The van der Waals surface area contributed by atoms with Gasteiger partial charge in [0.1, 0.15) is 11.6 Å². The average Bonchev–Trinajstić information content (AvgIpc) is 3.18. The van der Waals surface area contributed by atoms with E-state index in [0.29, 0.717) is 11.8 Å². The molecule has 0 unspecified atom stereocenters. The van der Waals surface area contributed by atoms with Crippen LogP contribution in [-0.2, 0) is 13.0 Å². The molecule has 2 aromatic heterocycles. The number of aromatic nitrogens is 3. The molecule has 2 aromatic carbocycles. The molecular weight excluding hydrogens is 362 g/mol. The highest BCUT2D eigenvalue weighted by Gasteiger charge is 2.19. The maximum Gasteiger partial charge on any atom is 0.231 e. The average molecular weight is 383 g/mol. The second kappa shape index (κ2) is 7.39. The fourth-order valence-corrected chi connectivity index (χ4v) is 3.64. The zero-order valence-electron chi connectivity index (χ0n) is 16.2. The Morgan fingerprint density at radius 2 is 1.72 bits per heavy atom. The van der Waals surface area contributed by atoms with Gasteiger partial charge in [-0.15, -0.1) is 0 Å². The SMILES string of the molecule is Cc1cc(Nc2nc(-c3ccccc3)cc(N3CCc4ccccc4C3)n2)no1. The zero-order valence-corrected chi connectivity index (χ0v) is 16.2. The summed E-state index contributed by atoms with van der Waals surface area (Å²) in [5, 5.41) is 7.19. The molecule has 144 valence electrons. The Labute approximate surface area is 169 Å². The topological polar surface area (TPSA) is 67.1 Å². The standard InChI is InChI=1S/C23H21N5O/c1-16-13-21(27-29-16)25-23-24-20(18-8-3-2-4-9-18)14-22(26-23)28-12-11-17-7-5-6-10-19(17)15-28/h2-10,13-14H,11-12,15H2,1H3,(H,24,25,26,27). The lowest BCUT2D eigenvalue weighted by molar-refractivity contribution is 0.400.